The number of amides is 1. The van der Waals surface area contributed by atoms with Gasteiger partial charge in [-0.1, -0.05) is 35.3 Å². The number of carbonyl (C=O) groups is 1. The Morgan fingerprint density at radius 3 is 2.38 bits per heavy atom. The second-order valence-electron chi connectivity index (χ2n) is 4.90. The Kier molecular flexibility index (Phi) is 4.76. The Balaban J connectivity index is 2.58. The molecule has 0 spiro atoms. The lowest BCUT2D eigenvalue weighted by Crippen LogP contribution is -2.09. The van der Waals surface area contributed by atoms with E-state index in [1.54, 1.807) is 18.2 Å². The molecule has 0 aromatic heterocycles. The SMILES string of the molecule is CC(=O)Nc1cccc(Cl)c1-c1ccc(N(C)C)cc1Cl. The molecule has 0 aliphatic carbocycles. The van der Waals surface area contributed by atoms with Gasteiger partial charge in [0.15, 0.2) is 0 Å². The number of nitrogens with one attached hydrogen (secondary N) is 1. The summed E-state index contributed by atoms with van der Waals surface area (Å²) in [6, 6.07) is 11.1. The lowest BCUT2D eigenvalue weighted by atomic mass is 10.0. The van der Waals surface area contributed by atoms with E-state index in [1.807, 2.05) is 37.2 Å². The van der Waals surface area contributed by atoms with Crippen LogP contribution in [0.1, 0.15) is 6.92 Å². The molecule has 0 bridgehead atoms. The first-order chi connectivity index (χ1) is 9.90. The summed E-state index contributed by atoms with van der Waals surface area (Å²) in [6.45, 7) is 1.46. The number of hydrogen-bond acceptors (Lipinski definition) is 2. The fraction of sp³-hybridized carbons (Fsp3) is 0.188. The highest BCUT2D eigenvalue weighted by molar-refractivity contribution is 6.37. The summed E-state index contributed by atoms with van der Waals surface area (Å²) in [5.74, 6) is -0.153. The highest BCUT2D eigenvalue weighted by Gasteiger charge is 2.14. The van der Waals surface area contributed by atoms with Crippen LogP contribution in [0.4, 0.5) is 11.4 Å². The molecule has 0 heterocycles. The molecule has 1 N–H and O–H groups in total. The number of carbonyl (C=O) groups excluding carboxylic acids is 1. The van der Waals surface area contributed by atoms with E-state index in [-0.39, 0.29) is 5.91 Å². The lowest BCUT2D eigenvalue weighted by molar-refractivity contribution is -0.114. The third-order valence-corrected chi connectivity index (χ3v) is 3.69. The van der Waals surface area contributed by atoms with Crippen LogP contribution in [0.25, 0.3) is 11.1 Å². The largest absolute Gasteiger partial charge is 0.378 e. The van der Waals surface area contributed by atoms with Crippen LogP contribution < -0.4 is 10.2 Å². The first-order valence-corrected chi connectivity index (χ1v) is 7.19. The van der Waals surface area contributed by atoms with Gasteiger partial charge in [0.25, 0.3) is 0 Å². The molecule has 0 aliphatic rings. The van der Waals surface area contributed by atoms with Gasteiger partial charge in [-0.2, -0.15) is 0 Å². The third-order valence-electron chi connectivity index (χ3n) is 3.06. The summed E-state index contributed by atoms with van der Waals surface area (Å²) >= 11 is 12.7. The van der Waals surface area contributed by atoms with E-state index in [2.05, 4.69) is 5.32 Å². The molecule has 2 aromatic carbocycles. The van der Waals surface area contributed by atoms with E-state index in [9.17, 15) is 4.79 Å². The van der Waals surface area contributed by atoms with Gasteiger partial charge in [0.2, 0.25) is 5.91 Å². The summed E-state index contributed by atoms with van der Waals surface area (Å²) in [4.78, 5) is 13.3. The fourth-order valence-electron chi connectivity index (χ4n) is 2.08. The van der Waals surface area contributed by atoms with Crippen molar-refractivity contribution in [2.75, 3.05) is 24.3 Å². The highest BCUT2D eigenvalue weighted by atomic mass is 35.5. The predicted octanol–water partition coefficient (Wildman–Crippen LogP) is 4.68. The van der Waals surface area contributed by atoms with Gasteiger partial charge >= 0.3 is 0 Å². The molecule has 0 saturated heterocycles. The minimum atomic E-state index is -0.153. The minimum Gasteiger partial charge on any atom is -0.378 e. The molecule has 0 fully saturated rings. The molecule has 21 heavy (non-hydrogen) atoms. The monoisotopic (exact) mass is 322 g/mol. The lowest BCUT2D eigenvalue weighted by Gasteiger charge is -2.17. The van der Waals surface area contributed by atoms with Gasteiger partial charge in [0, 0.05) is 37.8 Å². The molecule has 0 aliphatic heterocycles. The van der Waals surface area contributed by atoms with Gasteiger partial charge in [0.1, 0.15) is 0 Å². The fourth-order valence-corrected chi connectivity index (χ4v) is 2.62. The van der Waals surface area contributed by atoms with Crippen molar-refractivity contribution in [1.29, 1.82) is 0 Å². The van der Waals surface area contributed by atoms with Crippen LogP contribution in [-0.2, 0) is 4.79 Å². The van der Waals surface area contributed by atoms with Crippen molar-refractivity contribution in [3.63, 3.8) is 0 Å². The molecular formula is C16H16Cl2N2O. The minimum absolute atomic E-state index is 0.153. The van der Waals surface area contributed by atoms with E-state index in [1.165, 1.54) is 6.92 Å². The predicted molar refractivity (Wildman–Crippen MR) is 90.5 cm³/mol. The second-order valence-corrected chi connectivity index (χ2v) is 5.72. The molecule has 2 aromatic rings. The Labute approximate surface area is 134 Å². The Morgan fingerprint density at radius 2 is 1.81 bits per heavy atom. The number of nitrogens with zero attached hydrogens (tertiary/aromatic N) is 1. The van der Waals surface area contributed by atoms with Crippen LogP contribution in [0.2, 0.25) is 10.0 Å². The average molecular weight is 323 g/mol. The first kappa shape index (κ1) is 15.7. The molecule has 3 nitrogen and oxygen atoms in total. The number of halogens is 2. The van der Waals surface area contributed by atoms with E-state index < -0.39 is 0 Å². The third kappa shape index (κ3) is 3.49. The van der Waals surface area contributed by atoms with E-state index >= 15 is 0 Å². The maximum Gasteiger partial charge on any atom is 0.221 e. The topological polar surface area (TPSA) is 32.3 Å². The number of rotatable bonds is 3. The molecule has 0 saturated carbocycles. The quantitative estimate of drug-likeness (QED) is 0.889. The summed E-state index contributed by atoms with van der Waals surface area (Å²) in [5.41, 5.74) is 3.16. The van der Waals surface area contributed by atoms with Crippen LogP contribution >= 0.6 is 23.2 Å². The van der Waals surface area contributed by atoms with Crippen molar-refractivity contribution in [1.82, 2.24) is 0 Å². The number of benzene rings is 2. The molecule has 0 radical (unpaired) electrons. The molecule has 2 rings (SSSR count). The second kappa shape index (κ2) is 6.37. The maximum atomic E-state index is 11.3. The van der Waals surface area contributed by atoms with Crippen molar-refractivity contribution < 1.29 is 4.79 Å². The van der Waals surface area contributed by atoms with Crippen molar-refractivity contribution >= 4 is 40.5 Å². The van der Waals surface area contributed by atoms with Gasteiger partial charge in [-0.05, 0) is 24.3 Å². The zero-order valence-corrected chi connectivity index (χ0v) is 13.6. The first-order valence-electron chi connectivity index (χ1n) is 6.43. The molecule has 5 heteroatoms. The molecule has 0 atom stereocenters. The van der Waals surface area contributed by atoms with Crippen molar-refractivity contribution in [3.8, 4) is 11.1 Å². The number of anilines is 2. The molecular weight excluding hydrogens is 307 g/mol. The summed E-state index contributed by atoms with van der Waals surface area (Å²) in [7, 11) is 3.90. The van der Waals surface area contributed by atoms with Crippen molar-refractivity contribution in [3.05, 3.63) is 46.4 Å². The van der Waals surface area contributed by atoms with Gasteiger partial charge in [0.05, 0.1) is 15.7 Å². The van der Waals surface area contributed by atoms with E-state index in [0.717, 1.165) is 16.8 Å². The Morgan fingerprint density at radius 1 is 1.10 bits per heavy atom. The summed E-state index contributed by atoms with van der Waals surface area (Å²) in [5, 5.41) is 3.91. The number of hydrogen-bond donors (Lipinski definition) is 1. The average Bonchev–Trinajstić information content (AvgIpc) is 2.39. The maximum absolute atomic E-state index is 11.3. The Hall–Kier alpha value is -1.71. The van der Waals surface area contributed by atoms with Gasteiger partial charge < -0.3 is 10.2 Å². The van der Waals surface area contributed by atoms with Gasteiger partial charge in [-0.15, -0.1) is 0 Å². The zero-order valence-electron chi connectivity index (χ0n) is 12.1. The van der Waals surface area contributed by atoms with E-state index in [0.29, 0.717) is 15.7 Å². The van der Waals surface area contributed by atoms with Crippen LogP contribution in [-0.4, -0.2) is 20.0 Å². The smallest absolute Gasteiger partial charge is 0.221 e. The van der Waals surface area contributed by atoms with Gasteiger partial charge in [-0.3, -0.25) is 4.79 Å². The van der Waals surface area contributed by atoms with Crippen LogP contribution in [0.5, 0.6) is 0 Å². The summed E-state index contributed by atoms with van der Waals surface area (Å²) in [6.07, 6.45) is 0. The van der Waals surface area contributed by atoms with Crippen LogP contribution in [0, 0.1) is 0 Å². The summed E-state index contributed by atoms with van der Waals surface area (Å²) < 4.78 is 0. The van der Waals surface area contributed by atoms with Crippen molar-refractivity contribution in [2.45, 2.75) is 6.92 Å². The van der Waals surface area contributed by atoms with Gasteiger partial charge in [-0.25, -0.2) is 0 Å². The van der Waals surface area contributed by atoms with Crippen LogP contribution in [0.15, 0.2) is 36.4 Å². The highest BCUT2D eigenvalue weighted by Crippen LogP contribution is 2.40. The van der Waals surface area contributed by atoms with Crippen molar-refractivity contribution in [2.24, 2.45) is 0 Å². The standard InChI is InChI=1S/C16H16Cl2N2O/c1-10(21)19-15-6-4-5-13(17)16(15)12-8-7-11(20(2)3)9-14(12)18/h4-9H,1-3H3,(H,19,21). The normalized spacial score (nSPS) is 10.3. The molecule has 110 valence electrons. The van der Waals surface area contributed by atoms with E-state index in [4.69, 9.17) is 23.2 Å². The zero-order chi connectivity index (χ0) is 15.6. The Bertz CT molecular complexity index is 684. The molecule has 1 amide bonds. The molecule has 0 unspecified atom stereocenters. The van der Waals surface area contributed by atoms with Crippen LogP contribution in [0.3, 0.4) is 0 Å².